The van der Waals surface area contributed by atoms with E-state index in [0.717, 1.165) is 29.8 Å². The minimum Gasteiger partial charge on any atom is -0.314 e. The minimum absolute atomic E-state index is 0.744. The molecule has 0 spiro atoms. The maximum atomic E-state index is 3.75. The Labute approximate surface area is 120 Å². The quantitative estimate of drug-likeness (QED) is 0.819. The van der Waals surface area contributed by atoms with Gasteiger partial charge in [0.2, 0.25) is 0 Å². The van der Waals surface area contributed by atoms with Gasteiger partial charge >= 0.3 is 0 Å². The molecule has 112 valence electrons. The van der Waals surface area contributed by atoms with Gasteiger partial charge in [-0.2, -0.15) is 0 Å². The second kappa shape index (κ2) is 7.08. The van der Waals surface area contributed by atoms with E-state index < -0.39 is 0 Å². The zero-order valence-electron chi connectivity index (χ0n) is 13.5. The highest BCUT2D eigenvalue weighted by Gasteiger charge is 2.34. The van der Waals surface area contributed by atoms with Crippen LogP contribution >= 0.6 is 0 Å². The van der Waals surface area contributed by atoms with Gasteiger partial charge in [0.25, 0.3) is 0 Å². The van der Waals surface area contributed by atoms with Gasteiger partial charge in [0, 0.05) is 18.6 Å². The number of nitrogens with one attached hydrogen (secondary N) is 1. The molecule has 2 rings (SSSR count). The Balaban J connectivity index is 1.81. The lowest BCUT2D eigenvalue weighted by atomic mass is 9.86. The van der Waals surface area contributed by atoms with E-state index in [1.54, 1.807) is 0 Å². The highest BCUT2D eigenvalue weighted by Crippen LogP contribution is 2.33. The average Bonchev–Trinajstić information content (AvgIpc) is 2.80. The summed E-state index contributed by atoms with van der Waals surface area (Å²) in [6.07, 6.45) is 6.99. The van der Waals surface area contributed by atoms with E-state index >= 15 is 0 Å². The van der Waals surface area contributed by atoms with Crippen molar-refractivity contribution in [3.8, 4) is 0 Å². The van der Waals surface area contributed by atoms with Gasteiger partial charge < -0.3 is 10.2 Å². The molecule has 1 N–H and O–H groups in total. The van der Waals surface area contributed by atoms with Gasteiger partial charge in [-0.15, -0.1) is 0 Å². The second-order valence-corrected chi connectivity index (χ2v) is 7.23. The molecule has 2 aliphatic rings. The van der Waals surface area contributed by atoms with Gasteiger partial charge in [-0.05, 0) is 63.5 Å². The van der Waals surface area contributed by atoms with Crippen molar-refractivity contribution < 1.29 is 0 Å². The lowest BCUT2D eigenvalue weighted by Crippen LogP contribution is -2.54. The molecule has 0 amide bonds. The number of hydrogen-bond acceptors (Lipinski definition) is 2. The molecule has 2 nitrogen and oxygen atoms in total. The number of piperidine rings is 1. The molecule has 2 heteroatoms. The van der Waals surface area contributed by atoms with Crippen LogP contribution in [0.5, 0.6) is 0 Å². The van der Waals surface area contributed by atoms with E-state index in [9.17, 15) is 0 Å². The van der Waals surface area contributed by atoms with Crippen LogP contribution in [0.1, 0.15) is 59.8 Å². The first-order chi connectivity index (χ1) is 9.11. The molecule has 2 fully saturated rings. The molecular formula is C17H34N2. The van der Waals surface area contributed by atoms with Crippen LogP contribution in [-0.2, 0) is 0 Å². The number of likely N-dealkylation sites (tertiary alicyclic amines) is 1. The molecule has 1 heterocycles. The SMILES string of the molecule is CCCNC1CCN(CC2CCC(C)C2)C(C)C1C. The summed E-state index contributed by atoms with van der Waals surface area (Å²) < 4.78 is 0. The average molecular weight is 266 g/mol. The van der Waals surface area contributed by atoms with E-state index in [1.165, 1.54) is 51.7 Å². The lowest BCUT2D eigenvalue weighted by Gasteiger charge is -2.44. The molecule has 0 aromatic rings. The molecular weight excluding hydrogens is 232 g/mol. The van der Waals surface area contributed by atoms with Crippen molar-refractivity contribution in [1.29, 1.82) is 0 Å². The summed E-state index contributed by atoms with van der Waals surface area (Å²) in [6, 6.07) is 1.49. The molecule has 19 heavy (non-hydrogen) atoms. The van der Waals surface area contributed by atoms with Crippen molar-refractivity contribution in [3.63, 3.8) is 0 Å². The first kappa shape index (κ1) is 15.3. The predicted octanol–water partition coefficient (Wildman–Crippen LogP) is 3.52. The maximum absolute atomic E-state index is 3.75. The fourth-order valence-corrected chi connectivity index (χ4v) is 4.14. The summed E-state index contributed by atoms with van der Waals surface area (Å²) in [6.45, 7) is 13.4. The Kier molecular flexibility index (Phi) is 5.70. The van der Waals surface area contributed by atoms with Crippen molar-refractivity contribution in [2.75, 3.05) is 19.6 Å². The van der Waals surface area contributed by atoms with Gasteiger partial charge in [-0.25, -0.2) is 0 Å². The highest BCUT2D eigenvalue weighted by atomic mass is 15.2. The summed E-state index contributed by atoms with van der Waals surface area (Å²) in [5.41, 5.74) is 0. The van der Waals surface area contributed by atoms with Crippen LogP contribution in [-0.4, -0.2) is 36.6 Å². The van der Waals surface area contributed by atoms with Crippen LogP contribution < -0.4 is 5.32 Å². The third-order valence-corrected chi connectivity index (χ3v) is 5.65. The Bertz CT molecular complexity index is 266. The summed E-state index contributed by atoms with van der Waals surface area (Å²) in [7, 11) is 0. The van der Waals surface area contributed by atoms with Gasteiger partial charge in [0.05, 0.1) is 0 Å². The predicted molar refractivity (Wildman–Crippen MR) is 83.4 cm³/mol. The van der Waals surface area contributed by atoms with Gasteiger partial charge in [-0.1, -0.05) is 27.2 Å². The molecule has 1 aliphatic carbocycles. The molecule has 5 unspecified atom stereocenters. The van der Waals surface area contributed by atoms with Crippen LogP contribution in [0, 0.1) is 17.8 Å². The second-order valence-electron chi connectivity index (χ2n) is 7.23. The highest BCUT2D eigenvalue weighted by molar-refractivity contribution is 4.90. The molecule has 1 saturated heterocycles. The maximum Gasteiger partial charge on any atom is 0.0120 e. The van der Waals surface area contributed by atoms with Crippen molar-refractivity contribution in [1.82, 2.24) is 10.2 Å². The van der Waals surface area contributed by atoms with Crippen molar-refractivity contribution in [3.05, 3.63) is 0 Å². The molecule has 0 aromatic carbocycles. The van der Waals surface area contributed by atoms with Crippen LogP contribution in [0.3, 0.4) is 0 Å². The van der Waals surface area contributed by atoms with Gasteiger partial charge in [0.1, 0.15) is 0 Å². The van der Waals surface area contributed by atoms with Crippen molar-refractivity contribution >= 4 is 0 Å². The van der Waals surface area contributed by atoms with Gasteiger partial charge in [0.15, 0.2) is 0 Å². The minimum atomic E-state index is 0.744. The fraction of sp³-hybridized carbons (Fsp3) is 1.00. The van der Waals surface area contributed by atoms with E-state index in [-0.39, 0.29) is 0 Å². The smallest absolute Gasteiger partial charge is 0.0120 e. The Morgan fingerprint density at radius 2 is 1.89 bits per heavy atom. The molecule has 5 atom stereocenters. The number of hydrogen-bond donors (Lipinski definition) is 1. The van der Waals surface area contributed by atoms with Gasteiger partial charge in [-0.3, -0.25) is 0 Å². The normalized spacial score (nSPS) is 40.7. The third kappa shape index (κ3) is 3.95. The molecule has 1 saturated carbocycles. The first-order valence-electron chi connectivity index (χ1n) is 8.59. The Hall–Kier alpha value is -0.0800. The van der Waals surface area contributed by atoms with E-state index in [4.69, 9.17) is 0 Å². The Morgan fingerprint density at radius 3 is 2.53 bits per heavy atom. The summed E-state index contributed by atoms with van der Waals surface area (Å²) >= 11 is 0. The van der Waals surface area contributed by atoms with Crippen LogP contribution in [0.4, 0.5) is 0 Å². The van der Waals surface area contributed by atoms with E-state index in [2.05, 4.69) is 37.9 Å². The number of nitrogens with zero attached hydrogens (tertiary/aromatic N) is 1. The Morgan fingerprint density at radius 1 is 1.11 bits per heavy atom. The standard InChI is InChI=1S/C17H34N2/c1-5-9-18-17-8-10-19(15(4)14(17)3)12-16-7-6-13(2)11-16/h13-18H,5-12H2,1-4H3. The fourth-order valence-electron chi connectivity index (χ4n) is 4.14. The summed E-state index contributed by atoms with van der Waals surface area (Å²) in [4.78, 5) is 2.78. The van der Waals surface area contributed by atoms with Crippen LogP contribution in [0.25, 0.3) is 0 Å². The van der Waals surface area contributed by atoms with Crippen molar-refractivity contribution in [2.24, 2.45) is 17.8 Å². The molecule has 0 radical (unpaired) electrons. The van der Waals surface area contributed by atoms with E-state index in [0.29, 0.717) is 0 Å². The van der Waals surface area contributed by atoms with E-state index in [1.807, 2.05) is 0 Å². The topological polar surface area (TPSA) is 15.3 Å². The lowest BCUT2D eigenvalue weighted by molar-refractivity contribution is 0.0706. The monoisotopic (exact) mass is 266 g/mol. The summed E-state index contributed by atoms with van der Waals surface area (Å²) in [5.74, 6) is 2.74. The van der Waals surface area contributed by atoms with Crippen LogP contribution in [0.2, 0.25) is 0 Å². The zero-order chi connectivity index (χ0) is 13.8. The zero-order valence-corrected chi connectivity index (χ0v) is 13.5. The summed E-state index contributed by atoms with van der Waals surface area (Å²) in [5, 5.41) is 3.75. The van der Waals surface area contributed by atoms with Crippen LogP contribution in [0.15, 0.2) is 0 Å². The number of rotatable bonds is 5. The molecule has 0 bridgehead atoms. The first-order valence-corrected chi connectivity index (χ1v) is 8.59. The van der Waals surface area contributed by atoms with Crippen molar-refractivity contribution in [2.45, 2.75) is 71.9 Å². The largest absolute Gasteiger partial charge is 0.314 e. The molecule has 1 aliphatic heterocycles. The third-order valence-electron chi connectivity index (χ3n) is 5.65. The molecule has 0 aromatic heterocycles.